The summed E-state index contributed by atoms with van der Waals surface area (Å²) in [7, 11) is 0. The molecule has 2 aromatic rings. The Kier molecular flexibility index (Phi) is 7.77. The Balaban J connectivity index is 1.51. The zero-order valence-corrected chi connectivity index (χ0v) is 17.4. The van der Waals surface area contributed by atoms with Crippen LogP contribution in [0.5, 0.6) is 0 Å². The van der Waals surface area contributed by atoms with Gasteiger partial charge in [-0.05, 0) is 36.2 Å². The molecule has 0 radical (unpaired) electrons. The fourth-order valence-electron chi connectivity index (χ4n) is 3.57. The number of hydrogen-bond acceptors (Lipinski definition) is 4. The molecule has 0 aliphatic carbocycles. The van der Waals surface area contributed by atoms with E-state index in [0.717, 1.165) is 29.9 Å². The van der Waals surface area contributed by atoms with Crippen molar-refractivity contribution < 1.29 is 14.4 Å². The Morgan fingerprint density at radius 3 is 2.61 bits per heavy atom. The van der Waals surface area contributed by atoms with Crippen LogP contribution in [0.15, 0.2) is 54.6 Å². The predicted octanol–water partition coefficient (Wildman–Crippen LogP) is 3.16. The second-order valence-corrected chi connectivity index (χ2v) is 7.38. The number of benzene rings is 2. The highest BCUT2D eigenvalue weighted by Gasteiger charge is 2.21. The number of nitrogens with zero attached hydrogens (tertiary/aromatic N) is 3. The predicted molar refractivity (Wildman–Crippen MR) is 118 cm³/mol. The summed E-state index contributed by atoms with van der Waals surface area (Å²) in [6.07, 6.45) is 1.79. The van der Waals surface area contributed by atoms with Gasteiger partial charge < -0.3 is 15.1 Å². The summed E-state index contributed by atoms with van der Waals surface area (Å²) in [5, 5.41) is 11.7. The highest BCUT2D eigenvalue weighted by molar-refractivity contribution is 5.96. The highest BCUT2D eigenvalue weighted by Crippen LogP contribution is 2.22. The van der Waals surface area contributed by atoms with Crippen molar-refractivity contribution in [1.29, 1.82) is 5.26 Å². The normalized spacial score (nSPS) is 13.0. The molecule has 1 heterocycles. The van der Waals surface area contributed by atoms with Crippen molar-refractivity contribution in [2.75, 3.05) is 22.9 Å². The van der Waals surface area contributed by atoms with Crippen molar-refractivity contribution >= 4 is 29.1 Å². The first-order valence-electron chi connectivity index (χ1n) is 10.5. The maximum Gasteiger partial charge on any atom is 0.227 e. The Bertz CT molecular complexity index is 968. The van der Waals surface area contributed by atoms with E-state index in [1.807, 2.05) is 54.6 Å². The van der Waals surface area contributed by atoms with E-state index in [1.54, 1.807) is 9.80 Å². The molecule has 0 unspecified atom stereocenters. The Labute approximate surface area is 182 Å². The van der Waals surface area contributed by atoms with Gasteiger partial charge in [0.25, 0.3) is 0 Å². The van der Waals surface area contributed by atoms with Crippen LogP contribution in [0.25, 0.3) is 0 Å². The molecule has 1 saturated heterocycles. The second kappa shape index (κ2) is 10.9. The van der Waals surface area contributed by atoms with Gasteiger partial charge >= 0.3 is 0 Å². The molecule has 3 rings (SSSR count). The van der Waals surface area contributed by atoms with Gasteiger partial charge in [0.15, 0.2) is 0 Å². The third-order valence-electron chi connectivity index (χ3n) is 5.17. The molecule has 3 amide bonds. The van der Waals surface area contributed by atoms with Crippen molar-refractivity contribution in [1.82, 2.24) is 5.32 Å². The second-order valence-electron chi connectivity index (χ2n) is 7.38. The summed E-state index contributed by atoms with van der Waals surface area (Å²) in [5.74, 6) is -0.283. The van der Waals surface area contributed by atoms with Crippen LogP contribution in [0.4, 0.5) is 11.4 Å². The van der Waals surface area contributed by atoms with Crippen molar-refractivity contribution in [3.8, 4) is 6.07 Å². The molecule has 1 aliphatic heterocycles. The number of carbonyl (C=O) groups is 3. The topological polar surface area (TPSA) is 93.5 Å². The molecular formula is C24H26N4O3. The molecule has 0 saturated carbocycles. The summed E-state index contributed by atoms with van der Waals surface area (Å²) in [4.78, 5) is 40.2. The van der Waals surface area contributed by atoms with Gasteiger partial charge in [-0.2, -0.15) is 5.26 Å². The van der Waals surface area contributed by atoms with Crippen LogP contribution < -0.4 is 15.1 Å². The molecule has 160 valence electrons. The maximum atomic E-state index is 12.6. The molecule has 0 bridgehead atoms. The first kappa shape index (κ1) is 22.0. The van der Waals surface area contributed by atoms with Crippen LogP contribution in [-0.4, -0.2) is 30.8 Å². The third kappa shape index (κ3) is 6.16. The van der Waals surface area contributed by atoms with Crippen LogP contribution in [0.3, 0.4) is 0 Å². The van der Waals surface area contributed by atoms with Crippen LogP contribution in [0.2, 0.25) is 0 Å². The van der Waals surface area contributed by atoms with E-state index in [4.69, 9.17) is 5.26 Å². The van der Waals surface area contributed by atoms with Gasteiger partial charge in [-0.25, -0.2) is 0 Å². The van der Waals surface area contributed by atoms with Crippen molar-refractivity contribution in [3.63, 3.8) is 0 Å². The van der Waals surface area contributed by atoms with E-state index in [2.05, 4.69) is 11.4 Å². The number of nitriles is 1. The van der Waals surface area contributed by atoms with Crippen LogP contribution in [-0.2, 0) is 20.9 Å². The maximum absolute atomic E-state index is 12.6. The molecule has 0 spiro atoms. The average Bonchev–Trinajstić information content (AvgIpc) is 3.23. The average molecular weight is 418 g/mol. The molecule has 2 aromatic carbocycles. The van der Waals surface area contributed by atoms with Gasteiger partial charge in [0.2, 0.25) is 17.7 Å². The van der Waals surface area contributed by atoms with E-state index >= 15 is 0 Å². The first-order valence-corrected chi connectivity index (χ1v) is 10.5. The summed E-state index contributed by atoms with van der Waals surface area (Å²) < 4.78 is 0. The van der Waals surface area contributed by atoms with Crippen LogP contribution >= 0.6 is 0 Å². The first-order chi connectivity index (χ1) is 15.1. The lowest BCUT2D eigenvalue weighted by molar-refractivity contribution is -0.125. The smallest absolute Gasteiger partial charge is 0.227 e. The largest absolute Gasteiger partial charge is 0.352 e. The molecule has 31 heavy (non-hydrogen) atoms. The minimum atomic E-state index is -0.218. The van der Waals surface area contributed by atoms with Gasteiger partial charge in [-0.1, -0.05) is 30.3 Å². The zero-order chi connectivity index (χ0) is 22.1. The molecule has 7 heteroatoms. The third-order valence-corrected chi connectivity index (χ3v) is 5.17. The lowest BCUT2D eigenvalue weighted by Crippen LogP contribution is -2.33. The monoisotopic (exact) mass is 418 g/mol. The SMILES string of the molecule is N#CCCN(C(=O)CCC(=O)NCc1cccc(N2CCCC2=O)c1)c1ccccc1. The summed E-state index contributed by atoms with van der Waals surface area (Å²) in [6.45, 7) is 1.35. The van der Waals surface area contributed by atoms with Gasteiger partial charge in [-0.3, -0.25) is 14.4 Å². The minimum Gasteiger partial charge on any atom is -0.352 e. The number of hydrogen-bond donors (Lipinski definition) is 1. The Morgan fingerprint density at radius 1 is 1.10 bits per heavy atom. The molecule has 0 atom stereocenters. The number of amides is 3. The van der Waals surface area contributed by atoms with Crippen LogP contribution in [0.1, 0.15) is 37.7 Å². The number of anilines is 2. The Morgan fingerprint density at radius 2 is 1.90 bits per heavy atom. The fourth-order valence-corrected chi connectivity index (χ4v) is 3.57. The van der Waals surface area contributed by atoms with Crippen LogP contribution in [0, 0.1) is 11.3 Å². The molecule has 1 N–H and O–H groups in total. The number of rotatable bonds is 9. The summed E-state index contributed by atoms with van der Waals surface area (Å²) in [6, 6.07) is 18.8. The minimum absolute atomic E-state index is 0.0640. The van der Waals surface area contributed by atoms with Gasteiger partial charge in [0.1, 0.15) is 0 Å². The molecule has 0 aromatic heterocycles. The molecule has 1 aliphatic rings. The lowest BCUT2D eigenvalue weighted by atomic mass is 10.1. The van der Waals surface area contributed by atoms with Crippen molar-refractivity contribution in [3.05, 3.63) is 60.2 Å². The molecular weight excluding hydrogens is 392 g/mol. The van der Waals surface area contributed by atoms with E-state index in [-0.39, 0.29) is 37.0 Å². The van der Waals surface area contributed by atoms with Crippen molar-refractivity contribution in [2.24, 2.45) is 0 Å². The lowest BCUT2D eigenvalue weighted by Gasteiger charge is -2.21. The fraction of sp³-hybridized carbons (Fsp3) is 0.333. The van der Waals surface area contributed by atoms with Crippen molar-refractivity contribution in [2.45, 2.75) is 38.6 Å². The number of carbonyl (C=O) groups excluding carboxylic acids is 3. The summed E-state index contributed by atoms with van der Waals surface area (Å²) in [5.41, 5.74) is 2.47. The van der Waals surface area contributed by atoms with E-state index in [1.165, 1.54) is 0 Å². The van der Waals surface area contributed by atoms with E-state index in [0.29, 0.717) is 19.5 Å². The summed E-state index contributed by atoms with van der Waals surface area (Å²) >= 11 is 0. The molecule has 1 fully saturated rings. The van der Waals surface area contributed by atoms with E-state index < -0.39 is 0 Å². The van der Waals surface area contributed by atoms with Gasteiger partial charge in [0.05, 0.1) is 12.5 Å². The highest BCUT2D eigenvalue weighted by atomic mass is 16.2. The van der Waals surface area contributed by atoms with Gasteiger partial charge in [0, 0.05) is 50.3 Å². The number of para-hydroxylation sites is 1. The standard InChI is InChI=1S/C24H26N4O3/c25-14-6-16-27(20-8-2-1-3-9-20)24(31)13-12-22(29)26-18-19-7-4-10-21(17-19)28-15-5-11-23(28)30/h1-4,7-10,17H,5-6,11-13,15-16,18H2,(H,26,29). The quantitative estimate of drug-likeness (QED) is 0.677. The van der Waals surface area contributed by atoms with Gasteiger partial charge in [-0.15, -0.1) is 0 Å². The zero-order valence-electron chi connectivity index (χ0n) is 17.4. The van der Waals surface area contributed by atoms with E-state index in [9.17, 15) is 14.4 Å². The Hall–Kier alpha value is -3.66. The number of nitrogens with one attached hydrogen (secondary N) is 1. The molecule has 7 nitrogen and oxygen atoms in total.